The minimum Gasteiger partial charge on any atom is -0.394 e. The van der Waals surface area contributed by atoms with Crippen molar-refractivity contribution in [3.63, 3.8) is 0 Å². The summed E-state index contributed by atoms with van der Waals surface area (Å²) in [5.74, 6) is 0.564. The van der Waals surface area contributed by atoms with Crippen LogP contribution in [-0.4, -0.2) is 60.0 Å². The molecule has 2 aromatic heterocycles. The normalized spacial score (nSPS) is 26.2. The van der Waals surface area contributed by atoms with Crippen molar-refractivity contribution in [2.75, 3.05) is 11.9 Å². The van der Waals surface area contributed by atoms with Gasteiger partial charge in [-0.15, -0.1) is 0 Å². The molecule has 0 spiro atoms. The average molecular weight is 343 g/mol. The molecule has 4 rings (SSSR count). The van der Waals surface area contributed by atoms with E-state index in [1.807, 2.05) is 30.3 Å². The summed E-state index contributed by atoms with van der Waals surface area (Å²) in [6, 6.07) is 9.54. The van der Waals surface area contributed by atoms with Crippen LogP contribution in [0.25, 0.3) is 11.0 Å². The van der Waals surface area contributed by atoms with Gasteiger partial charge < -0.3 is 25.4 Å². The largest absolute Gasteiger partial charge is 0.394 e. The topological polar surface area (TPSA) is 126 Å². The van der Waals surface area contributed by atoms with Crippen molar-refractivity contribution in [1.29, 1.82) is 0 Å². The van der Waals surface area contributed by atoms with Gasteiger partial charge in [0.25, 0.3) is 0 Å². The molecule has 130 valence electrons. The van der Waals surface area contributed by atoms with E-state index in [1.54, 1.807) is 6.20 Å². The summed E-state index contributed by atoms with van der Waals surface area (Å²) in [6.07, 6.45) is -1.28. The monoisotopic (exact) mass is 343 g/mol. The molecule has 3 heterocycles. The molecule has 4 N–H and O–H groups in total. The molecule has 0 radical (unpaired) electrons. The van der Waals surface area contributed by atoms with Gasteiger partial charge in [0.15, 0.2) is 11.9 Å². The second kappa shape index (κ2) is 6.37. The molecule has 9 heteroatoms. The van der Waals surface area contributed by atoms with E-state index in [2.05, 4.69) is 20.4 Å². The molecule has 0 aliphatic carbocycles. The van der Waals surface area contributed by atoms with Crippen molar-refractivity contribution in [2.45, 2.75) is 24.5 Å². The number of fused-ring (bicyclic) bond motifs is 1. The van der Waals surface area contributed by atoms with Crippen LogP contribution < -0.4 is 5.32 Å². The van der Waals surface area contributed by atoms with Gasteiger partial charge in [-0.25, -0.2) is 14.6 Å². The summed E-state index contributed by atoms with van der Waals surface area (Å²) in [6.45, 7) is -0.399. The lowest BCUT2D eigenvalue weighted by Gasteiger charge is -2.15. The fraction of sp³-hybridized carbons (Fsp3) is 0.312. The fourth-order valence-electron chi connectivity index (χ4n) is 2.89. The molecule has 1 aliphatic heterocycles. The maximum Gasteiger partial charge on any atom is 0.181 e. The fourth-order valence-corrected chi connectivity index (χ4v) is 2.89. The smallest absolute Gasteiger partial charge is 0.181 e. The van der Waals surface area contributed by atoms with Crippen LogP contribution in [0, 0.1) is 0 Å². The number of nitrogens with one attached hydrogen (secondary N) is 1. The van der Waals surface area contributed by atoms with E-state index in [4.69, 9.17) is 4.74 Å². The molecular weight excluding hydrogens is 326 g/mol. The first kappa shape index (κ1) is 15.9. The quantitative estimate of drug-likeness (QED) is 0.529. The molecule has 0 unspecified atom stereocenters. The van der Waals surface area contributed by atoms with E-state index in [9.17, 15) is 15.3 Å². The molecule has 0 saturated carbocycles. The number of aliphatic hydroxyl groups is 3. The van der Waals surface area contributed by atoms with Crippen molar-refractivity contribution < 1.29 is 20.1 Å². The number of benzene rings is 1. The number of hydrogen-bond acceptors (Lipinski definition) is 8. The van der Waals surface area contributed by atoms with Crippen LogP contribution in [0.3, 0.4) is 0 Å². The van der Waals surface area contributed by atoms with E-state index >= 15 is 0 Å². The third-order valence-electron chi connectivity index (χ3n) is 4.19. The summed E-state index contributed by atoms with van der Waals surface area (Å²) >= 11 is 0. The van der Waals surface area contributed by atoms with E-state index in [-0.39, 0.29) is 0 Å². The first-order chi connectivity index (χ1) is 12.2. The summed E-state index contributed by atoms with van der Waals surface area (Å²) < 4.78 is 6.90. The summed E-state index contributed by atoms with van der Waals surface area (Å²) in [7, 11) is 0. The highest BCUT2D eigenvalue weighted by molar-refractivity contribution is 5.88. The molecule has 25 heavy (non-hydrogen) atoms. The highest BCUT2D eigenvalue weighted by atomic mass is 16.6. The Labute approximate surface area is 142 Å². The Hall–Kier alpha value is -2.59. The molecule has 4 atom stereocenters. The number of aromatic nitrogens is 4. The predicted octanol–water partition coefficient (Wildman–Crippen LogP) is 0.181. The van der Waals surface area contributed by atoms with Crippen LogP contribution in [0.5, 0.6) is 0 Å². The van der Waals surface area contributed by atoms with Crippen LogP contribution in [0.2, 0.25) is 0 Å². The first-order valence-electron chi connectivity index (χ1n) is 7.82. The van der Waals surface area contributed by atoms with Gasteiger partial charge in [-0.2, -0.15) is 5.10 Å². The van der Waals surface area contributed by atoms with Gasteiger partial charge in [0, 0.05) is 5.69 Å². The van der Waals surface area contributed by atoms with Gasteiger partial charge in [-0.05, 0) is 12.1 Å². The van der Waals surface area contributed by atoms with Gasteiger partial charge >= 0.3 is 0 Å². The van der Waals surface area contributed by atoms with Crippen LogP contribution in [0.15, 0.2) is 42.9 Å². The average Bonchev–Trinajstić information content (AvgIpc) is 3.18. The molecular formula is C16H17N5O4. The van der Waals surface area contributed by atoms with Crippen molar-refractivity contribution in [2.24, 2.45) is 0 Å². The number of rotatable bonds is 4. The Morgan fingerprint density at radius 2 is 1.92 bits per heavy atom. The Kier molecular flexibility index (Phi) is 4.06. The lowest BCUT2D eigenvalue weighted by Crippen LogP contribution is -2.33. The van der Waals surface area contributed by atoms with Gasteiger partial charge in [-0.1, -0.05) is 18.2 Å². The van der Waals surface area contributed by atoms with E-state index in [0.717, 1.165) is 5.69 Å². The lowest BCUT2D eigenvalue weighted by atomic mass is 10.1. The number of nitrogens with zero attached hydrogens (tertiary/aromatic N) is 4. The number of hydrogen-bond donors (Lipinski definition) is 4. The van der Waals surface area contributed by atoms with E-state index in [0.29, 0.717) is 16.9 Å². The van der Waals surface area contributed by atoms with Gasteiger partial charge in [0.05, 0.1) is 18.2 Å². The predicted molar refractivity (Wildman–Crippen MR) is 88.1 cm³/mol. The lowest BCUT2D eigenvalue weighted by molar-refractivity contribution is -0.0566. The molecule has 1 fully saturated rings. The third kappa shape index (κ3) is 2.72. The Morgan fingerprint density at radius 3 is 2.64 bits per heavy atom. The molecule has 1 saturated heterocycles. The summed E-state index contributed by atoms with van der Waals surface area (Å²) in [4.78, 5) is 8.45. The summed E-state index contributed by atoms with van der Waals surface area (Å²) in [5, 5.41) is 37.4. The Morgan fingerprint density at radius 1 is 1.12 bits per heavy atom. The molecule has 1 aromatic carbocycles. The molecule has 1 aliphatic rings. The van der Waals surface area contributed by atoms with Crippen molar-refractivity contribution in [3.05, 3.63) is 42.9 Å². The minimum absolute atomic E-state index is 0.399. The van der Waals surface area contributed by atoms with Gasteiger partial charge in [0.2, 0.25) is 0 Å². The van der Waals surface area contributed by atoms with Crippen LogP contribution in [-0.2, 0) is 4.74 Å². The highest BCUT2D eigenvalue weighted by Crippen LogP contribution is 2.32. The maximum absolute atomic E-state index is 10.2. The van der Waals surface area contributed by atoms with Crippen molar-refractivity contribution >= 4 is 22.5 Å². The van der Waals surface area contributed by atoms with Crippen LogP contribution in [0.1, 0.15) is 6.23 Å². The maximum atomic E-state index is 10.2. The minimum atomic E-state index is -1.22. The van der Waals surface area contributed by atoms with E-state index < -0.39 is 31.1 Å². The Bertz CT molecular complexity index is 871. The molecule has 3 aromatic rings. The molecule has 0 bridgehead atoms. The number of ether oxygens (including phenoxy) is 1. The molecule has 9 nitrogen and oxygen atoms in total. The standard InChI is InChI=1S/C16H17N5O4/c22-7-11-12(23)13(24)16(25-11)21-15-10(6-19-21)14(17-8-18-15)20-9-4-2-1-3-5-9/h1-6,8,11-13,16,22-24H,7H2,(H,17,18,20)/t11-,12+,13+,16-/m1/s1. The summed E-state index contributed by atoms with van der Waals surface area (Å²) in [5.41, 5.74) is 1.31. The van der Waals surface area contributed by atoms with E-state index in [1.165, 1.54) is 11.0 Å². The highest BCUT2D eigenvalue weighted by Gasteiger charge is 2.44. The second-order valence-electron chi connectivity index (χ2n) is 5.77. The van der Waals surface area contributed by atoms with Gasteiger partial charge in [-0.3, -0.25) is 0 Å². The number of para-hydroxylation sites is 1. The second-order valence-corrected chi connectivity index (χ2v) is 5.77. The van der Waals surface area contributed by atoms with Gasteiger partial charge in [0.1, 0.15) is 30.5 Å². The first-order valence-corrected chi connectivity index (χ1v) is 7.82. The van der Waals surface area contributed by atoms with Crippen LogP contribution >= 0.6 is 0 Å². The molecule has 0 amide bonds. The number of anilines is 2. The zero-order valence-corrected chi connectivity index (χ0v) is 13.1. The van der Waals surface area contributed by atoms with Crippen molar-refractivity contribution in [3.8, 4) is 0 Å². The zero-order valence-electron chi connectivity index (χ0n) is 13.1. The zero-order chi connectivity index (χ0) is 17.4. The number of aliphatic hydroxyl groups excluding tert-OH is 3. The third-order valence-corrected chi connectivity index (χ3v) is 4.19. The Balaban J connectivity index is 1.70. The van der Waals surface area contributed by atoms with Crippen LogP contribution in [0.4, 0.5) is 11.5 Å². The SMILES string of the molecule is OC[C@H]1O[C@@H](n2ncc3c(Nc4ccccc4)ncnc32)[C@@H](O)[C@H]1O. The van der Waals surface area contributed by atoms with Crippen molar-refractivity contribution in [1.82, 2.24) is 19.7 Å².